The number of likely N-dealkylation sites (N-methyl/N-ethyl adjacent to an activating group) is 1. The van der Waals surface area contributed by atoms with Gasteiger partial charge < -0.3 is 20.1 Å². The lowest BCUT2D eigenvalue weighted by Gasteiger charge is -2.32. The number of hydrogen-bond acceptors (Lipinski definition) is 6. The lowest BCUT2D eigenvalue weighted by molar-refractivity contribution is -0.137. The molecule has 1 amide bonds. The Labute approximate surface area is 233 Å². The first-order valence-corrected chi connectivity index (χ1v) is 12.5. The Morgan fingerprint density at radius 3 is 2.44 bits per heavy atom. The fraction of sp³-hybridized carbons (Fsp3) is 0.167. The molecule has 0 aliphatic carbocycles. The van der Waals surface area contributed by atoms with E-state index in [4.69, 9.17) is 10.3 Å². The molecule has 0 spiro atoms. The van der Waals surface area contributed by atoms with Gasteiger partial charge in [-0.1, -0.05) is 54.2 Å². The van der Waals surface area contributed by atoms with Gasteiger partial charge in [-0.2, -0.15) is 18.2 Å². The average molecular weight is 564 g/mol. The van der Waals surface area contributed by atoms with Crippen LogP contribution in [-0.2, 0) is 23.9 Å². The lowest BCUT2D eigenvalue weighted by Crippen LogP contribution is -2.31. The third-order valence-electron chi connectivity index (χ3n) is 6.66. The molecule has 0 unspecified atom stereocenters. The zero-order chi connectivity index (χ0) is 29.3. The van der Waals surface area contributed by atoms with Crippen molar-refractivity contribution in [2.45, 2.75) is 19.1 Å². The number of benzene rings is 3. The minimum Gasteiger partial charge on any atom is -0.368 e. The standard InChI is InChI=1S/C30H25F4N5O2/c1-18-22-13-24(31)26(38(2)17-27(35)40)14-25(22)39(15-20-8-10-21(11-9-20)30(32,33)34)16-23(18)29-36-28(41-37-29)12-19-6-4-3-5-7-19/h3-11,13-14,16H,1,12,15,17H2,2H3,(H2,35,40). The summed E-state index contributed by atoms with van der Waals surface area (Å²) < 4.78 is 60.1. The number of rotatable bonds is 8. The van der Waals surface area contributed by atoms with E-state index in [0.717, 1.165) is 17.7 Å². The zero-order valence-corrected chi connectivity index (χ0v) is 22.0. The summed E-state index contributed by atoms with van der Waals surface area (Å²) in [5, 5.41) is 4.12. The third-order valence-corrected chi connectivity index (χ3v) is 6.66. The highest BCUT2D eigenvalue weighted by Crippen LogP contribution is 2.43. The first-order chi connectivity index (χ1) is 19.5. The van der Waals surface area contributed by atoms with E-state index in [1.54, 1.807) is 17.2 Å². The highest BCUT2D eigenvalue weighted by Gasteiger charge is 2.31. The van der Waals surface area contributed by atoms with E-state index in [1.807, 2.05) is 30.3 Å². The number of alkyl halides is 3. The van der Waals surface area contributed by atoms with Gasteiger partial charge in [0.1, 0.15) is 5.82 Å². The molecule has 0 radical (unpaired) electrons. The third kappa shape index (κ3) is 5.98. The van der Waals surface area contributed by atoms with Crippen molar-refractivity contribution in [3.8, 4) is 0 Å². The molecule has 7 nitrogen and oxygen atoms in total. The van der Waals surface area contributed by atoms with E-state index >= 15 is 4.39 Å². The van der Waals surface area contributed by atoms with Gasteiger partial charge in [0.15, 0.2) is 0 Å². The molecule has 3 aromatic carbocycles. The number of carbonyl (C=O) groups is 1. The van der Waals surface area contributed by atoms with Crippen LogP contribution in [0, 0.1) is 5.82 Å². The largest absolute Gasteiger partial charge is 0.416 e. The molecule has 1 aromatic heterocycles. The van der Waals surface area contributed by atoms with Crippen molar-refractivity contribution in [3.05, 3.63) is 119 Å². The molecule has 1 aliphatic heterocycles. The summed E-state index contributed by atoms with van der Waals surface area (Å²) in [4.78, 5) is 19.1. The van der Waals surface area contributed by atoms with Gasteiger partial charge in [-0.3, -0.25) is 4.79 Å². The van der Waals surface area contributed by atoms with Crippen LogP contribution < -0.4 is 15.5 Å². The number of nitrogens with two attached hydrogens (primary N) is 1. The molecule has 41 heavy (non-hydrogen) atoms. The molecule has 5 rings (SSSR count). The first-order valence-electron chi connectivity index (χ1n) is 12.5. The van der Waals surface area contributed by atoms with Crippen LogP contribution in [0.3, 0.4) is 0 Å². The second-order valence-electron chi connectivity index (χ2n) is 9.66. The summed E-state index contributed by atoms with van der Waals surface area (Å²) in [7, 11) is 1.53. The van der Waals surface area contributed by atoms with Crippen LogP contribution >= 0.6 is 0 Å². The topological polar surface area (TPSA) is 88.5 Å². The summed E-state index contributed by atoms with van der Waals surface area (Å²) >= 11 is 0. The predicted molar refractivity (Wildman–Crippen MR) is 147 cm³/mol. The number of primary amides is 1. The fourth-order valence-electron chi connectivity index (χ4n) is 4.62. The summed E-state index contributed by atoms with van der Waals surface area (Å²) in [5.41, 5.74) is 8.06. The molecule has 1 aliphatic rings. The number of allylic oxidation sites excluding steroid dienone is 2. The molecule has 2 N–H and O–H groups in total. The Hall–Kier alpha value is -4.93. The summed E-state index contributed by atoms with van der Waals surface area (Å²) in [6.07, 6.45) is -2.35. The molecule has 0 saturated carbocycles. The minimum atomic E-state index is -4.46. The first kappa shape index (κ1) is 27.6. The SMILES string of the molecule is C=C1C(c2noc(Cc3ccccc3)n2)=CN(Cc2ccc(C(F)(F)F)cc2)c2cc(N(C)CC(N)=O)c(F)cc21. The lowest BCUT2D eigenvalue weighted by atomic mass is 9.93. The van der Waals surface area contributed by atoms with Crippen molar-refractivity contribution in [1.29, 1.82) is 0 Å². The van der Waals surface area contributed by atoms with Gasteiger partial charge >= 0.3 is 6.18 Å². The molecule has 0 bridgehead atoms. The Morgan fingerprint density at radius 2 is 1.78 bits per heavy atom. The summed E-state index contributed by atoms with van der Waals surface area (Å²) in [5.74, 6) is -0.641. The number of aromatic nitrogens is 2. The van der Waals surface area contributed by atoms with Gasteiger partial charge in [0.2, 0.25) is 17.6 Å². The maximum absolute atomic E-state index is 15.3. The number of amides is 1. The summed E-state index contributed by atoms with van der Waals surface area (Å²) in [6, 6.07) is 17.2. The second kappa shape index (κ2) is 10.9. The smallest absolute Gasteiger partial charge is 0.368 e. The van der Waals surface area contributed by atoms with Gasteiger partial charge in [0.05, 0.1) is 29.9 Å². The Bertz CT molecular complexity index is 1630. The molecular formula is C30H25F4N5O2. The van der Waals surface area contributed by atoms with Crippen molar-refractivity contribution < 1.29 is 26.9 Å². The van der Waals surface area contributed by atoms with Crippen molar-refractivity contribution in [1.82, 2.24) is 10.1 Å². The number of anilines is 2. The molecule has 11 heteroatoms. The van der Waals surface area contributed by atoms with Gasteiger partial charge in [-0.25, -0.2) is 4.39 Å². The molecule has 0 atom stereocenters. The Balaban J connectivity index is 1.54. The van der Waals surface area contributed by atoms with Gasteiger partial charge in [0.25, 0.3) is 0 Å². The van der Waals surface area contributed by atoms with E-state index in [1.165, 1.54) is 30.1 Å². The fourth-order valence-corrected chi connectivity index (χ4v) is 4.62. The van der Waals surface area contributed by atoms with E-state index in [-0.39, 0.29) is 24.6 Å². The number of hydrogen-bond donors (Lipinski definition) is 1. The van der Waals surface area contributed by atoms with Crippen molar-refractivity contribution in [3.63, 3.8) is 0 Å². The van der Waals surface area contributed by atoms with Gasteiger partial charge in [0, 0.05) is 30.9 Å². The minimum absolute atomic E-state index is 0.120. The van der Waals surface area contributed by atoms with Crippen LogP contribution in [0.5, 0.6) is 0 Å². The van der Waals surface area contributed by atoms with Crippen molar-refractivity contribution >= 4 is 28.4 Å². The van der Waals surface area contributed by atoms with Crippen LogP contribution in [0.25, 0.3) is 11.1 Å². The number of halogens is 4. The van der Waals surface area contributed by atoms with Crippen LogP contribution in [-0.4, -0.2) is 29.6 Å². The van der Waals surface area contributed by atoms with Crippen LogP contribution in [0.2, 0.25) is 0 Å². The van der Waals surface area contributed by atoms with E-state index in [0.29, 0.717) is 40.3 Å². The van der Waals surface area contributed by atoms with Crippen molar-refractivity contribution in [2.24, 2.45) is 5.73 Å². The van der Waals surface area contributed by atoms with E-state index < -0.39 is 23.5 Å². The summed E-state index contributed by atoms with van der Waals surface area (Å²) in [6.45, 7) is 4.08. The molecule has 210 valence electrons. The molecule has 2 heterocycles. The second-order valence-corrected chi connectivity index (χ2v) is 9.66. The number of carbonyl (C=O) groups excluding carboxylic acids is 1. The van der Waals surface area contributed by atoms with E-state index in [9.17, 15) is 18.0 Å². The monoisotopic (exact) mass is 563 g/mol. The van der Waals surface area contributed by atoms with Crippen LogP contribution in [0.15, 0.2) is 84.0 Å². The zero-order valence-electron chi connectivity index (χ0n) is 22.0. The highest BCUT2D eigenvalue weighted by atomic mass is 19.4. The van der Waals surface area contributed by atoms with Gasteiger partial charge in [-0.15, -0.1) is 0 Å². The molecule has 0 saturated heterocycles. The maximum atomic E-state index is 15.3. The Kier molecular flexibility index (Phi) is 7.36. The predicted octanol–water partition coefficient (Wildman–Crippen LogP) is 5.81. The quantitative estimate of drug-likeness (QED) is 0.272. The number of nitrogens with zero attached hydrogens (tertiary/aromatic N) is 4. The normalized spacial score (nSPS) is 13.1. The van der Waals surface area contributed by atoms with Crippen LogP contribution in [0.1, 0.15) is 34.0 Å². The number of fused-ring (bicyclic) bond motifs is 1. The van der Waals surface area contributed by atoms with Crippen molar-refractivity contribution in [2.75, 3.05) is 23.4 Å². The molecular weight excluding hydrogens is 538 g/mol. The van der Waals surface area contributed by atoms with E-state index in [2.05, 4.69) is 16.7 Å². The Morgan fingerprint density at radius 1 is 1.07 bits per heavy atom. The molecule has 4 aromatic rings. The molecule has 0 fully saturated rings. The highest BCUT2D eigenvalue weighted by molar-refractivity contribution is 6.08. The van der Waals surface area contributed by atoms with Gasteiger partial charge in [-0.05, 0) is 41.0 Å². The average Bonchev–Trinajstić information content (AvgIpc) is 3.38. The maximum Gasteiger partial charge on any atom is 0.416 e. The van der Waals surface area contributed by atoms with Crippen LogP contribution in [0.4, 0.5) is 28.9 Å².